The standard InChI is InChI=1S/C38H32ClN3O4S/c1-2-46-30-22-20-26(21-23-30)24-34(42-36(43)28-14-7-4-8-15-28)37(44)40-29-16-11-17-31(25-29)47-35(27-12-5-3-6-13-27)38(45)41-33-19-10-9-18-32(33)39/h3-25,35H,2H2,1H3,(H,40,44)(H,41,45)(H,42,43)/b34-24+. The predicted molar refractivity (Wildman–Crippen MR) is 190 cm³/mol. The molecule has 0 bridgehead atoms. The molecule has 1 atom stereocenters. The Balaban J connectivity index is 1.38. The molecule has 0 spiro atoms. The molecule has 0 aliphatic rings. The molecule has 1 unspecified atom stereocenters. The molecule has 47 heavy (non-hydrogen) atoms. The van der Waals surface area contributed by atoms with E-state index in [0.29, 0.717) is 39.9 Å². The van der Waals surface area contributed by atoms with E-state index in [2.05, 4.69) is 16.0 Å². The highest BCUT2D eigenvalue weighted by Gasteiger charge is 2.23. The summed E-state index contributed by atoms with van der Waals surface area (Å²) in [7, 11) is 0. The van der Waals surface area contributed by atoms with E-state index in [1.54, 1.807) is 84.9 Å². The Morgan fingerprint density at radius 1 is 0.787 bits per heavy atom. The molecule has 236 valence electrons. The van der Waals surface area contributed by atoms with Gasteiger partial charge in [0.2, 0.25) is 5.91 Å². The zero-order valence-electron chi connectivity index (χ0n) is 25.5. The third kappa shape index (κ3) is 9.36. The van der Waals surface area contributed by atoms with Crippen LogP contribution >= 0.6 is 23.4 Å². The van der Waals surface area contributed by atoms with Crippen LogP contribution in [0.3, 0.4) is 0 Å². The molecule has 0 saturated heterocycles. The van der Waals surface area contributed by atoms with Gasteiger partial charge in [-0.15, -0.1) is 11.8 Å². The number of carbonyl (C=O) groups excluding carboxylic acids is 3. The van der Waals surface area contributed by atoms with Crippen LogP contribution in [0.5, 0.6) is 5.75 Å². The van der Waals surface area contributed by atoms with E-state index >= 15 is 0 Å². The van der Waals surface area contributed by atoms with Gasteiger partial charge in [-0.1, -0.05) is 90.5 Å². The number of para-hydroxylation sites is 1. The number of halogens is 1. The number of benzene rings is 5. The van der Waals surface area contributed by atoms with Crippen molar-refractivity contribution in [2.45, 2.75) is 17.1 Å². The van der Waals surface area contributed by atoms with E-state index in [0.717, 1.165) is 10.5 Å². The topological polar surface area (TPSA) is 96.5 Å². The lowest BCUT2D eigenvalue weighted by molar-refractivity contribution is -0.116. The maximum absolute atomic E-state index is 13.6. The Kier molecular flexibility index (Phi) is 11.5. The van der Waals surface area contributed by atoms with Crippen molar-refractivity contribution in [2.75, 3.05) is 17.2 Å². The van der Waals surface area contributed by atoms with Gasteiger partial charge in [-0.3, -0.25) is 14.4 Å². The van der Waals surface area contributed by atoms with Gasteiger partial charge in [-0.05, 0) is 78.7 Å². The molecule has 0 saturated carbocycles. The van der Waals surface area contributed by atoms with E-state index in [1.807, 2.05) is 61.5 Å². The van der Waals surface area contributed by atoms with Crippen LogP contribution < -0.4 is 20.7 Å². The molecule has 5 rings (SSSR count). The van der Waals surface area contributed by atoms with Crippen LogP contribution in [0.1, 0.15) is 33.7 Å². The molecule has 7 nitrogen and oxygen atoms in total. The summed E-state index contributed by atoms with van der Waals surface area (Å²) in [6, 6.07) is 39.6. The molecule has 0 fully saturated rings. The van der Waals surface area contributed by atoms with E-state index in [-0.39, 0.29) is 11.6 Å². The number of amides is 3. The van der Waals surface area contributed by atoms with Gasteiger partial charge < -0.3 is 20.7 Å². The average molecular weight is 662 g/mol. The molecule has 0 radical (unpaired) electrons. The summed E-state index contributed by atoms with van der Waals surface area (Å²) in [5, 5.41) is 8.43. The highest BCUT2D eigenvalue weighted by Crippen LogP contribution is 2.37. The summed E-state index contributed by atoms with van der Waals surface area (Å²) in [6.07, 6.45) is 1.61. The summed E-state index contributed by atoms with van der Waals surface area (Å²) in [4.78, 5) is 41.0. The molecule has 5 aromatic rings. The molecule has 0 aromatic heterocycles. The zero-order valence-corrected chi connectivity index (χ0v) is 27.1. The van der Waals surface area contributed by atoms with Crippen LogP contribution in [0.2, 0.25) is 5.02 Å². The van der Waals surface area contributed by atoms with Gasteiger partial charge in [0.1, 0.15) is 16.7 Å². The summed E-state index contributed by atoms with van der Waals surface area (Å²) in [6.45, 7) is 2.44. The Morgan fingerprint density at radius 3 is 2.17 bits per heavy atom. The first kappa shape index (κ1) is 33.1. The van der Waals surface area contributed by atoms with Crippen molar-refractivity contribution in [3.63, 3.8) is 0 Å². The monoisotopic (exact) mass is 661 g/mol. The molecular formula is C38H32ClN3O4S. The van der Waals surface area contributed by atoms with Gasteiger partial charge in [0.15, 0.2) is 0 Å². The molecule has 3 N–H and O–H groups in total. The van der Waals surface area contributed by atoms with Crippen LogP contribution in [0.25, 0.3) is 6.08 Å². The molecule has 9 heteroatoms. The molecular weight excluding hydrogens is 630 g/mol. The van der Waals surface area contributed by atoms with Gasteiger partial charge in [0.25, 0.3) is 11.8 Å². The van der Waals surface area contributed by atoms with E-state index < -0.39 is 17.1 Å². The van der Waals surface area contributed by atoms with Gasteiger partial charge in [0, 0.05) is 16.1 Å². The SMILES string of the molecule is CCOc1ccc(/C=C(/NC(=O)c2ccccc2)C(=O)Nc2cccc(SC(C(=O)Nc3ccccc3Cl)c3ccccc3)c2)cc1. The first-order valence-electron chi connectivity index (χ1n) is 14.9. The Labute approximate surface area is 283 Å². The van der Waals surface area contributed by atoms with Gasteiger partial charge in [-0.2, -0.15) is 0 Å². The van der Waals surface area contributed by atoms with Crippen LogP contribution in [0.4, 0.5) is 11.4 Å². The van der Waals surface area contributed by atoms with E-state index in [4.69, 9.17) is 16.3 Å². The van der Waals surface area contributed by atoms with Crippen molar-refractivity contribution < 1.29 is 19.1 Å². The van der Waals surface area contributed by atoms with Crippen molar-refractivity contribution in [2.24, 2.45) is 0 Å². The Morgan fingerprint density at radius 2 is 1.47 bits per heavy atom. The van der Waals surface area contributed by atoms with Gasteiger partial charge in [-0.25, -0.2) is 0 Å². The van der Waals surface area contributed by atoms with Crippen molar-refractivity contribution in [1.29, 1.82) is 0 Å². The highest BCUT2D eigenvalue weighted by atomic mass is 35.5. The molecule has 0 aliphatic heterocycles. The van der Waals surface area contributed by atoms with Crippen molar-refractivity contribution in [3.05, 3.63) is 161 Å². The summed E-state index contributed by atoms with van der Waals surface area (Å²) in [5.41, 5.74) is 2.99. The minimum absolute atomic E-state index is 0.0577. The Bertz CT molecular complexity index is 1870. The molecule has 0 heterocycles. The fraction of sp³-hybridized carbons (Fsp3) is 0.0789. The summed E-state index contributed by atoms with van der Waals surface area (Å²) in [5.74, 6) is -0.473. The first-order chi connectivity index (χ1) is 22.9. The quantitative estimate of drug-likeness (QED) is 0.0919. The Hall–Kier alpha value is -5.31. The second-order valence-corrected chi connectivity index (χ2v) is 11.8. The number of nitrogens with one attached hydrogen (secondary N) is 3. The largest absolute Gasteiger partial charge is 0.494 e. The van der Waals surface area contributed by atoms with Gasteiger partial charge >= 0.3 is 0 Å². The fourth-order valence-electron chi connectivity index (χ4n) is 4.58. The lowest BCUT2D eigenvalue weighted by Crippen LogP contribution is -2.30. The third-order valence-corrected chi connectivity index (χ3v) is 8.43. The molecule has 5 aromatic carbocycles. The summed E-state index contributed by atoms with van der Waals surface area (Å²) < 4.78 is 5.53. The number of thioether (sulfide) groups is 1. The average Bonchev–Trinajstić information content (AvgIpc) is 3.09. The van der Waals surface area contributed by atoms with E-state index in [1.165, 1.54) is 11.8 Å². The smallest absolute Gasteiger partial charge is 0.272 e. The second-order valence-electron chi connectivity index (χ2n) is 10.2. The third-order valence-electron chi connectivity index (χ3n) is 6.85. The fourth-order valence-corrected chi connectivity index (χ4v) is 5.85. The minimum Gasteiger partial charge on any atom is -0.494 e. The summed E-state index contributed by atoms with van der Waals surface area (Å²) >= 11 is 7.65. The lowest BCUT2D eigenvalue weighted by atomic mass is 10.1. The number of anilines is 2. The predicted octanol–water partition coefficient (Wildman–Crippen LogP) is 8.62. The minimum atomic E-state index is -0.612. The molecule has 3 amide bonds. The number of hydrogen-bond donors (Lipinski definition) is 3. The van der Waals surface area contributed by atoms with Crippen LogP contribution in [0, 0.1) is 0 Å². The number of carbonyl (C=O) groups is 3. The number of rotatable bonds is 12. The van der Waals surface area contributed by atoms with Crippen LogP contribution in [0.15, 0.2) is 144 Å². The van der Waals surface area contributed by atoms with Crippen LogP contribution in [-0.2, 0) is 9.59 Å². The highest BCUT2D eigenvalue weighted by molar-refractivity contribution is 8.00. The maximum atomic E-state index is 13.6. The number of hydrogen-bond acceptors (Lipinski definition) is 5. The van der Waals surface area contributed by atoms with Crippen LogP contribution in [-0.4, -0.2) is 24.3 Å². The second kappa shape index (κ2) is 16.3. The lowest BCUT2D eigenvalue weighted by Gasteiger charge is -2.18. The van der Waals surface area contributed by atoms with Crippen molar-refractivity contribution in [3.8, 4) is 5.75 Å². The first-order valence-corrected chi connectivity index (χ1v) is 16.1. The maximum Gasteiger partial charge on any atom is 0.272 e. The van der Waals surface area contributed by atoms with Crippen molar-refractivity contribution in [1.82, 2.24) is 5.32 Å². The normalized spacial score (nSPS) is 11.7. The zero-order chi connectivity index (χ0) is 33.0. The number of ether oxygens (including phenoxy) is 1. The molecule has 0 aliphatic carbocycles. The van der Waals surface area contributed by atoms with Crippen molar-refractivity contribution >= 4 is 58.5 Å². The van der Waals surface area contributed by atoms with E-state index in [9.17, 15) is 14.4 Å². The van der Waals surface area contributed by atoms with Gasteiger partial charge in [0.05, 0.1) is 17.3 Å².